The van der Waals surface area contributed by atoms with Gasteiger partial charge in [0.25, 0.3) is 0 Å². The summed E-state index contributed by atoms with van der Waals surface area (Å²) < 4.78 is 39.7. The summed E-state index contributed by atoms with van der Waals surface area (Å²) in [6.07, 6.45) is -2.61. The minimum Gasteiger partial charge on any atom is -0.347 e. The molecule has 0 bridgehead atoms. The molecule has 0 spiro atoms. The fourth-order valence-corrected chi connectivity index (χ4v) is 1.75. The second-order valence-corrected chi connectivity index (χ2v) is 3.34. The van der Waals surface area contributed by atoms with E-state index in [0.29, 0.717) is 11.9 Å². The monoisotopic (exact) mass is 213 g/mol. The number of rotatable bonds is 1. The molecule has 0 saturated carbocycles. The van der Waals surface area contributed by atoms with Gasteiger partial charge in [0.05, 0.1) is 11.1 Å². The van der Waals surface area contributed by atoms with Crippen molar-refractivity contribution in [1.29, 1.82) is 0 Å². The molecular weight excluding hydrogens is 203 g/mol. The van der Waals surface area contributed by atoms with Crippen molar-refractivity contribution in [2.45, 2.75) is 19.6 Å². The third kappa shape index (κ3) is 1.60. The van der Waals surface area contributed by atoms with Crippen LogP contribution in [0.5, 0.6) is 0 Å². The van der Waals surface area contributed by atoms with E-state index >= 15 is 0 Å². The lowest BCUT2D eigenvalue weighted by Crippen LogP contribution is -2.08. The SMILES string of the molecule is CCn1ccc2cccc(C(F)(F)F)c21. The van der Waals surface area contributed by atoms with Crippen molar-refractivity contribution in [2.75, 3.05) is 0 Å². The standard InChI is InChI=1S/C11H10F3N/c1-2-15-7-6-8-4-3-5-9(10(8)15)11(12,13)14/h3-7H,2H2,1H3. The molecule has 1 nitrogen and oxygen atoms in total. The molecule has 2 rings (SSSR count). The molecule has 1 aromatic heterocycles. The summed E-state index contributed by atoms with van der Waals surface area (Å²) in [4.78, 5) is 0. The number of fused-ring (bicyclic) bond motifs is 1. The smallest absolute Gasteiger partial charge is 0.347 e. The maximum absolute atomic E-state index is 12.7. The molecule has 2 aromatic rings. The third-order valence-corrected chi connectivity index (χ3v) is 2.43. The first kappa shape index (κ1) is 10.1. The van der Waals surface area contributed by atoms with Crippen LogP contribution in [0.15, 0.2) is 30.5 Å². The fraction of sp³-hybridized carbons (Fsp3) is 0.273. The number of hydrogen-bond acceptors (Lipinski definition) is 0. The predicted molar refractivity (Wildman–Crippen MR) is 52.6 cm³/mol. The molecule has 0 atom stereocenters. The summed E-state index contributed by atoms with van der Waals surface area (Å²) in [5.74, 6) is 0. The summed E-state index contributed by atoms with van der Waals surface area (Å²) in [5, 5.41) is 0.631. The van der Waals surface area contributed by atoms with Gasteiger partial charge in [0.15, 0.2) is 0 Å². The zero-order valence-electron chi connectivity index (χ0n) is 8.17. The molecule has 0 aliphatic heterocycles. The van der Waals surface area contributed by atoms with Crippen LogP contribution in [-0.4, -0.2) is 4.57 Å². The van der Waals surface area contributed by atoms with Gasteiger partial charge in [-0.05, 0) is 19.1 Å². The summed E-state index contributed by atoms with van der Waals surface area (Å²) in [7, 11) is 0. The van der Waals surface area contributed by atoms with E-state index in [2.05, 4.69) is 0 Å². The Morgan fingerprint density at radius 3 is 2.53 bits per heavy atom. The van der Waals surface area contributed by atoms with Gasteiger partial charge in [-0.15, -0.1) is 0 Å². The minimum absolute atomic E-state index is 0.271. The largest absolute Gasteiger partial charge is 0.418 e. The van der Waals surface area contributed by atoms with Crippen LogP contribution in [0, 0.1) is 0 Å². The van der Waals surface area contributed by atoms with Crippen molar-refractivity contribution < 1.29 is 13.2 Å². The second kappa shape index (κ2) is 3.29. The quantitative estimate of drug-likeness (QED) is 0.681. The molecule has 0 N–H and O–H groups in total. The molecule has 0 aliphatic rings. The van der Waals surface area contributed by atoms with Crippen molar-refractivity contribution in [1.82, 2.24) is 4.57 Å². The van der Waals surface area contributed by atoms with Crippen LogP contribution in [0.4, 0.5) is 13.2 Å². The molecule has 1 heterocycles. The van der Waals surface area contributed by atoms with Gasteiger partial charge in [-0.25, -0.2) is 0 Å². The van der Waals surface area contributed by atoms with E-state index in [0.717, 1.165) is 6.07 Å². The number of halogens is 3. The average molecular weight is 213 g/mol. The van der Waals surface area contributed by atoms with Gasteiger partial charge in [-0.2, -0.15) is 13.2 Å². The lowest BCUT2D eigenvalue weighted by molar-refractivity contribution is -0.136. The number of hydrogen-bond donors (Lipinski definition) is 0. The Hall–Kier alpha value is -1.45. The van der Waals surface area contributed by atoms with Crippen molar-refractivity contribution in [2.24, 2.45) is 0 Å². The van der Waals surface area contributed by atoms with Crippen molar-refractivity contribution >= 4 is 10.9 Å². The van der Waals surface area contributed by atoms with Crippen LogP contribution < -0.4 is 0 Å². The average Bonchev–Trinajstić information content (AvgIpc) is 2.58. The first-order valence-corrected chi connectivity index (χ1v) is 4.69. The van der Waals surface area contributed by atoms with Gasteiger partial charge in [-0.3, -0.25) is 0 Å². The number of nitrogens with zero attached hydrogens (tertiary/aromatic N) is 1. The molecule has 1 aromatic carbocycles. The highest BCUT2D eigenvalue weighted by molar-refractivity contribution is 5.83. The Balaban J connectivity index is 2.78. The molecule has 0 aliphatic carbocycles. The number of alkyl halides is 3. The Bertz CT molecular complexity index is 482. The highest BCUT2D eigenvalue weighted by Crippen LogP contribution is 2.34. The number of aryl methyl sites for hydroxylation is 1. The third-order valence-electron chi connectivity index (χ3n) is 2.43. The van der Waals surface area contributed by atoms with Gasteiger partial charge in [0.2, 0.25) is 0 Å². The van der Waals surface area contributed by atoms with Gasteiger partial charge in [0, 0.05) is 18.1 Å². The van der Waals surface area contributed by atoms with Crippen LogP contribution in [0.2, 0.25) is 0 Å². The zero-order valence-corrected chi connectivity index (χ0v) is 8.17. The van der Waals surface area contributed by atoms with E-state index in [9.17, 15) is 13.2 Å². The Labute approximate surface area is 85.1 Å². The molecule has 0 amide bonds. The zero-order chi connectivity index (χ0) is 11.1. The summed E-state index contributed by atoms with van der Waals surface area (Å²) >= 11 is 0. The van der Waals surface area contributed by atoms with Crippen LogP contribution in [0.3, 0.4) is 0 Å². The molecule has 4 heteroatoms. The Kier molecular flexibility index (Phi) is 2.21. The van der Waals surface area contributed by atoms with E-state index in [1.165, 1.54) is 6.07 Å². The first-order chi connectivity index (χ1) is 7.04. The van der Waals surface area contributed by atoms with Crippen LogP contribution in [0.1, 0.15) is 12.5 Å². The Morgan fingerprint density at radius 1 is 1.20 bits per heavy atom. The lowest BCUT2D eigenvalue weighted by atomic mass is 10.1. The fourth-order valence-electron chi connectivity index (χ4n) is 1.75. The molecule has 0 radical (unpaired) electrons. The van der Waals surface area contributed by atoms with E-state index < -0.39 is 11.7 Å². The maximum atomic E-state index is 12.7. The van der Waals surface area contributed by atoms with E-state index in [4.69, 9.17) is 0 Å². The van der Waals surface area contributed by atoms with Crippen LogP contribution in [-0.2, 0) is 12.7 Å². The molecule has 80 valence electrons. The highest BCUT2D eigenvalue weighted by Gasteiger charge is 2.33. The molecule has 15 heavy (non-hydrogen) atoms. The first-order valence-electron chi connectivity index (χ1n) is 4.69. The van der Waals surface area contributed by atoms with Gasteiger partial charge in [0.1, 0.15) is 0 Å². The summed E-state index contributed by atoms with van der Waals surface area (Å²) in [5.41, 5.74) is -0.292. The normalized spacial score (nSPS) is 12.3. The molecule has 0 fully saturated rings. The Morgan fingerprint density at radius 2 is 1.93 bits per heavy atom. The highest BCUT2D eigenvalue weighted by atomic mass is 19.4. The summed E-state index contributed by atoms with van der Waals surface area (Å²) in [6.45, 7) is 2.36. The van der Waals surface area contributed by atoms with E-state index in [-0.39, 0.29) is 5.52 Å². The van der Waals surface area contributed by atoms with Crippen LogP contribution >= 0.6 is 0 Å². The van der Waals surface area contributed by atoms with Gasteiger partial charge < -0.3 is 4.57 Å². The lowest BCUT2D eigenvalue weighted by Gasteiger charge is -2.10. The predicted octanol–water partition coefficient (Wildman–Crippen LogP) is 3.68. The van der Waals surface area contributed by atoms with Crippen molar-refractivity contribution in [3.8, 4) is 0 Å². The number of benzene rings is 1. The van der Waals surface area contributed by atoms with Crippen LogP contribution in [0.25, 0.3) is 10.9 Å². The minimum atomic E-state index is -4.29. The summed E-state index contributed by atoms with van der Waals surface area (Å²) in [6, 6.07) is 5.95. The van der Waals surface area contributed by atoms with Gasteiger partial charge >= 0.3 is 6.18 Å². The maximum Gasteiger partial charge on any atom is 0.418 e. The van der Waals surface area contributed by atoms with E-state index in [1.54, 1.807) is 22.9 Å². The topological polar surface area (TPSA) is 4.93 Å². The van der Waals surface area contributed by atoms with Crippen molar-refractivity contribution in [3.05, 3.63) is 36.0 Å². The molecule has 0 unspecified atom stereocenters. The number of para-hydroxylation sites is 1. The second-order valence-electron chi connectivity index (χ2n) is 3.34. The van der Waals surface area contributed by atoms with Crippen molar-refractivity contribution in [3.63, 3.8) is 0 Å². The number of aromatic nitrogens is 1. The molecule has 0 saturated heterocycles. The molecular formula is C11H10F3N. The van der Waals surface area contributed by atoms with Gasteiger partial charge in [-0.1, -0.05) is 12.1 Å². The van der Waals surface area contributed by atoms with E-state index in [1.807, 2.05) is 6.92 Å².